The van der Waals surface area contributed by atoms with Gasteiger partial charge in [0.1, 0.15) is 6.04 Å². The number of halogens is 1. The minimum Gasteiger partial charge on any atom is -0.340 e. The maximum absolute atomic E-state index is 13.9. The standard InChI is InChI=1S/C30H28ClN7O4/c31-23-9-5-4-8-21(23)27(34-26(39)14-19-6-2-1-3-7-19)30(42)37-12-13-38-20(16-37)15-24(35-38)29(41)36-11-10-22-25(17-36)32-18-33-28(22)40/h1-9,15,18,27H,10-14,16-17H2,(H,34,39)(H,32,33,40)/t27-/m1/s1. The first kappa shape index (κ1) is 27.4. The molecule has 42 heavy (non-hydrogen) atoms. The van der Waals surface area contributed by atoms with Gasteiger partial charge in [0.05, 0.1) is 43.8 Å². The largest absolute Gasteiger partial charge is 0.340 e. The van der Waals surface area contributed by atoms with Crippen LogP contribution in [0, 0.1) is 0 Å². The van der Waals surface area contributed by atoms with E-state index in [2.05, 4.69) is 20.4 Å². The second-order valence-electron chi connectivity index (χ2n) is 10.3. The van der Waals surface area contributed by atoms with Crippen molar-refractivity contribution in [3.8, 4) is 0 Å². The lowest BCUT2D eigenvalue weighted by atomic mass is 10.0. The Morgan fingerprint density at radius 2 is 1.76 bits per heavy atom. The maximum atomic E-state index is 13.9. The fourth-order valence-electron chi connectivity index (χ4n) is 5.42. The number of rotatable bonds is 6. The number of carbonyl (C=O) groups excluding carboxylic acids is 3. The molecule has 4 heterocycles. The molecule has 3 amide bonds. The number of aromatic amines is 1. The van der Waals surface area contributed by atoms with Crippen molar-refractivity contribution in [2.24, 2.45) is 0 Å². The van der Waals surface area contributed by atoms with Gasteiger partial charge in [-0.25, -0.2) is 4.98 Å². The molecule has 0 bridgehead atoms. The van der Waals surface area contributed by atoms with Crippen LogP contribution in [0.15, 0.2) is 71.8 Å². The zero-order chi connectivity index (χ0) is 29.2. The molecular formula is C30H28ClN7O4. The highest BCUT2D eigenvalue weighted by Gasteiger charge is 2.33. The van der Waals surface area contributed by atoms with Gasteiger partial charge < -0.3 is 20.1 Å². The lowest BCUT2D eigenvalue weighted by molar-refractivity contribution is -0.137. The van der Waals surface area contributed by atoms with Gasteiger partial charge in [-0.15, -0.1) is 0 Å². The molecule has 2 aromatic heterocycles. The van der Waals surface area contributed by atoms with Gasteiger partial charge in [0.25, 0.3) is 11.5 Å². The number of nitrogens with zero attached hydrogens (tertiary/aromatic N) is 5. The van der Waals surface area contributed by atoms with Crippen molar-refractivity contribution >= 4 is 29.3 Å². The molecule has 12 heteroatoms. The van der Waals surface area contributed by atoms with Crippen LogP contribution in [0.1, 0.15) is 44.6 Å². The molecule has 4 aromatic rings. The monoisotopic (exact) mass is 585 g/mol. The van der Waals surface area contributed by atoms with E-state index in [9.17, 15) is 19.2 Å². The van der Waals surface area contributed by atoms with E-state index in [4.69, 9.17) is 11.6 Å². The van der Waals surface area contributed by atoms with Gasteiger partial charge in [0.2, 0.25) is 11.8 Å². The highest BCUT2D eigenvalue weighted by Crippen LogP contribution is 2.27. The lowest BCUT2D eigenvalue weighted by Gasteiger charge is -2.31. The number of hydrogen-bond acceptors (Lipinski definition) is 6. The molecule has 0 unspecified atom stereocenters. The maximum Gasteiger partial charge on any atom is 0.274 e. The van der Waals surface area contributed by atoms with Gasteiger partial charge in [-0.3, -0.25) is 23.9 Å². The van der Waals surface area contributed by atoms with Crippen LogP contribution in [-0.4, -0.2) is 60.4 Å². The average molecular weight is 586 g/mol. The summed E-state index contributed by atoms with van der Waals surface area (Å²) in [5.74, 6) is -0.854. The predicted octanol–water partition coefficient (Wildman–Crippen LogP) is 2.26. The molecular weight excluding hydrogens is 558 g/mol. The second kappa shape index (κ2) is 11.6. The Balaban J connectivity index is 1.18. The highest BCUT2D eigenvalue weighted by atomic mass is 35.5. The summed E-state index contributed by atoms with van der Waals surface area (Å²) >= 11 is 6.48. The summed E-state index contributed by atoms with van der Waals surface area (Å²) in [5, 5.41) is 7.79. The Hall–Kier alpha value is -4.77. The van der Waals surface area contributed by atoms with E-state index >= 15 is 0 Å². The smallest absolute Gasteiger partial charge is 0.274 e. The van der Waals surface area contributed by atoms with Crippen LogP contribution in [0.2, 0.25) is 5.02 Å². The fourth-order valence-corrected chi connectivity index (χ4v) is 5.66. The number of H-pyrrole nitrogens is 1. The first-order chi connectivity index (χ1) is 20.4. The van der Waals surface area contributed by atoms with E-state index in [1.165, 1.54) is 6.33 Å². The molecule has 0 spiro atoms. The molecule has 2 N–H and O–H groups in total. The van der Waals surface area contributed by atoms with Crippen LogP contribution in [0.25, 0.3) is 0 Å². The van der Waals surface area contributed by atoms with Gasteiger partial charge in [-0.2, -0.15) is 5.10 Å². The van der Waals surface area contributed by atoms with E-state index in [0.717, 1.165) is 5.56 Å². The summed E-state index contributed by atoms with van der Waals surface area (Å²) in [4.78, 5) is 62.4. The number of amides is 3. The Labute approximate surface area is 246 Å². The lowest BCUT2D eigenvalue weighted by Crippen LogP contribution is -2.46. The van der Waals surface area contributed by atoms with Crippen LogP contribution < -0.4 is 10.9 Å². The molecule has 214 valence electrons. The topological polar surface area (TPSA) is 133 Å². The van der Waals surface area contributed by atoms with Crippen molar-refractivity contribution in [2.45, 2.75) is 38.5 Å². The van der Waals surface area contributed by atoms with Crippen molar-refractivity contribution in [2.75, 3.05) is 13.1 Å². The Kier molecular flexibility index (Phi) is 7.58. The first-order valence-electron chi connectivity index (χ1n) is 13.7. The zero-order valence-electron chi connectivity index (χ0n) is 22.6. The predicted molar refractivity (Wildman–Crippen MR) is 153 cm³/mol. The number of aromatic nitrogens is 4. The summed E-state index contributed by atoms with van der Waals surface area (Å²) in [5.41, 5.74) is 3.32. The number of carbonyl (C=O) groups is 3. The van der Waals surface area contributed by atoms with Gasteiger partial charge >= 0.3 is 0 Å². The van der Waals surface area contributed by atoms with E-state index in [1.807, 2.05) is 30.3 Å². The second-order valence-corrected chi connectivity index (χ2v) is 10.7. The van der Waals surface area contributed by atoms with Crippen molar-refractivity contribution in [3.63, 3.8) is 0 Å². The van der Waals surface area contributed by atoms with Crippen LogP contribution in [0.3, 0.4) is 0 Å². The molecule has 0 saturated heterocycles. The van der Waals surface area contributed by atoms with E-state index in [-0.39, 0.29) is 48.5 Å². The molecule has 2 aromatic carbocycles. The highest BCUT2D eigenvalue weighted by molar-refractivity contribution is 6.31. The van der Waals surface area contributed by atoms with Crippen molar-refractivity contribution in [1.82, 2.24) is 34.9 Å². The van der Waals surface area contributed by atoms with E-state index in [0.29, 0.717) is 53.6 Å². The Morgan fingerprint density at radius 3 is 2.57 bits per heavy atom. The third-order valence-corrected chi connectivity index (χ3v) is 7.95. The van der Waals surface area contributed by atoms with E-state index < -0.39 is 6.04 Å². The summed E-state index contributed by atoms with van der Waals surface area (Å²) in [7, 11) is 0. The molecule has 0 fully saturated rings. The summed E-state index contributed by atoms with van der Waals surface area (Å²) in [6.45, 7) is 1.57. The number of fused-ring (bicyclic) bond motifs is 2. The SMILES string of the molecule is O=C(Cc1ccccc1)N[C@@H](C(=O)N1CCn2nc(C(=O)N3CCc4c(nc[nH]c4=O)C3)cc2C1)c1ccccc1Cl. The van der Waals surface area contributed by atoms with Crippen LogP contribution in [0.5, 0.6) is 0 Å². The Morgan fingerprint density at radius 1 is 0.976 bits per heavy atom. The molecule has 1 atom stereocenters. The molecule has 2 aliphatic rings. The van der Waals surface area contributed by atoms with Crippen molar-refractivity contribution < 1.29 is 14.4 Å². The van der Waals surface area contributed by atoms with Gasteiger partial charge in [0.15, 0.2) is 5.69 Å². The molecule has 0 aliphatic carbocycles. The summed E-state index contributed by atoms with van der Waals surface area (Å²) in [6.07, 6.45) is 1.88. The van der Waals surface area contributed by atoms with Crippen LogP contribution in [0.4, 0.5) is 0 Å². The fraction of sp³-hybridized carbons (Fsp3) is 0.267. The quantitative estimate of drug-likeness (QED) is 0.357. The Bertz CT molecular complexity index is 1720. The molecule has 11 nitrogen and oxygen atoms in total. The number of hydrogen-bond donors (Lipinski definition) is 2. The third-order valence-electron chi connectivity index (χ3n) is 7.60. The van der Waals surface area contributed by atoms with E-state index in [1.54, 1.807) is 44.8 Å². The van der Waals surface area contributed by atoms with Crippen molar-refractivity contribution in [3.05, 3.63) is 116 Å². The number of nitrogens with one attached hydrogen (secondary N) is 2. The normalized spacial score (nSPS) is 15.0. The van der Waals surface area contributed by atoms with Crippen LogP contribution in [-0.2, 0) is 42.1 Å². The first-order valence-corrected chi connectivity index (χ1v) is 14.0. The summed E-state index contributed by atoms with van der Waals surface area (Å²) < 4.78 is 1.73. The molecule has 2 aliphatic heterocycles. The van der Waals surface area contributed by atoms with Gasteiger partial charge in [0, 0.05) is 29.2 Å². The average Bonchev–Trinajstić information content (AvgIpc) is 3.44. The van der Waals surface area contributed by atoms with Crippen LogP contribution >= 0.6 is 11.6 Å². The van der Waals surface area contributed by atoms with Gasteiger partial charge in [-0.05, 0) is 24.1 Å². The minimum atomic E-state index is -0.977. The minimum absolute atomic E-state index is 0.123. The molecule has 0 saturated carbocycles. The van der Waals surface area contributed by atoms with Crippen molar-refractivity contribution in [1.29, 1.82) is 0 Å². The third kappa shape index (κ3) is 5.55. The molecule has 6 rings (SSSR count). The zero-order valence-corrected chi connectivity index (χ0v) is 23.4. The summed E-state index contributed by atoms with van der Waals surface area (Å²) in [6, 6.07) is 17.0. The molecule has 0 radical (unpaired) electrons. The van der Waals surface area contributed by atoms with Gasteiger partial charge in [-0.1, -0.05) is 60.1 Å². The number of benzene rings is 2.